The first-order valence-corrected chi connectivity index (χ1v) is 23.3. The Bertz CT molecular complexity index is 924. The van der Waals surface area contributed by atoms with Crippen LogP contribution < -0.4 is 16.8 Å². The normalized spacial score (nSPS) is 12.7. The standard InChI is InChI=1S/C47H89N3O5/c1-3-5-7-9-11-13-15-17-19-21-23-25-27-29-31-35-41-54-45(51)39-38-44(50-46(52)43(49)37-33-34-40-48)47(53)55-42-36-32-30-28-26-24-22-20-18-16-14-12-10-8-6-4-2/h17-20,43-44H,3-16,21-42,48-49H2,1-2H3,(H,50,52)/b19-17-,20-18-/t43-,44-/m0/s1. The molecule has 0 fully saturated rings. The maximum absolute atomic E-state index is 13.0. The summed E-state index contributed by atoms with van der Waals surface area (Å²) >= 11 is 0. The molecule has 0 radical (unpaired) electrons. The molecular weight excluding hydrogens is 687 g/mol. The van der Waals surface area contributed by atoms with Gasteiger partial charge in [-0.2, -0.15) is 0 Å². The fraction of sp³-hybridized carbons (Fsp3) is 0.851. The van der Waals surface area contributed by atoms with Crippen LogP contribution in [0.4, 0.5) is 0 Å². The first-order chi connectivity index (χ1) is 27.0. The Kier molecular flexibility index (Phi) is 41.2. The summed E-state index contributed by atoms with van der Waals surface area (Å²) in [6, 6.07) is -1.67. The van der Waals surface area contributed by atoms with Crippen LogP contribution in [0.2, 0.25) is 0 Å². The van der Waals surface area contributed by atoms with E-state index in [9.17, 15) is 14.4 Å². The minimum Gasteiger partial charge on any atom is -0.466 e. The first kappa shape index (κ1) is 52.8. The van der Waals surface area contributed by atoms with Gasteiger partial charge in [-0.15, -0.1) is 0 Å². The highest BCUT2D eigenvalue weighted by Crippen LogP contribution is 2.13. The van der Waals surface area contributed by atoms with Crippen LogP contribution in [0.3, 0.4) is 0 Å². The topological polar surface area (TPSA) is 134 Å². The molecule has 0 aliphatic rings. The molecule has 0 spiro atoms. The van der Waals surface area contributed by atoms with Crippen LogP contribution in [0.25, 0.3) is 0 Å². The summed E-state index contributed by atoms with van der Waals surface area (Å²) in [5, 5.41) is 2.74. The number of unbranched alkanes of at least 4 members (excludes halogenated alkanes) is 25. The van der Waals surface area contributed by atoms with E-state index in [1.54, 1.807) is 0 Å². The van der Waals surface area contributed by atoms with Crippen molar-refractivity contribution in [1.29, 1.82) is 0 Å². The molecule has 0 aromatic carbocycles. The van der Waals surface area contributed by atoms with Gasteiger partial charge in [0.25, 0.3) is 0 Å². The number of allylic oxidation sites excluding steroid dienone is 4. The van der Waals surface area contributed by atoms with Crippen molar-refractivity contribution in [3.8, 4) is 0 Å². The summed E-state index contributed by atoms with van der Waals surface area (Å²) < 4.78 is 11.0. The van der Waals surface area contributed by atoms with E-state index in [4.69, 9.17) is 20.9 Å². The van der Waals surface area contributed by atoms with E-state index in [1.807, 2.05) is 0 Å². The lowest BCUT2D eigenvalue weighted by molar-refractivity contribution is -0.149. The van der Waals surface area contributed by atoms with E-state index in [1.165, 1.54) is 135 Å². The smallest absolute Gasteiger partial charge is 0.328 e. The van der Waals surface area contributed by atoms with Crippen molar-refractivity contribution in [3.63, 3.8) is 0 Å². The number of ether oxygens (including phenoxy) is 2. The Hall–Kier alpha value is -2.19. The molecule has 55 heavy (non-hydrogen) atoms. The van der Waals surface area contributed by atoms with Gasteiger partial charge in [-0.3, -0.25) is 9.59 Å². The molecule has 322 valence electrons. The predicted octanol–water partition coefficient (Wildman–Crippen LogP) is 11.9. The molecule has 8 heteroatoms. The minimum atomic E-state index is -0.930. The third-order valence-corrected chi connectivity index (χ3v) is 10.4. The molecule has 0 aromatic heterocycles. The van der Waals surface area contributed by atoms with Gasteiger partial charge in [-0.05, 0) is 90.0 Å². The molecule has 0 unspecified atom stereocenters. The van der Waals surface area contributed by atoms with Gasteiger partial charge >= 0.3 is 11.9 Å². The summed E-state index contributed by atoms with van der Waals surface area (Å²) in [6.45, 7) is 5.74. The summed E-state index contributed by atoms with van der Waals surface area (Å²) in [6.07, 6.45) is 45.7. The van der Waals surface area contributed by atoms with Crippen LogP contribution in [0.5, 0.6) is 0 Å². The van der Waals surface area contributed by atoms with Crippen LogP contribution in [0, 0.1) is 0 Å². The van der Waals surface area contributed by atoms with Crippen LogP contribution in [0.1, 0.15) is 226 Å². The zero-order chi connectivity index (χ0) is 40.3. The van der Waals surface area contributed by atoms with Crippen molar-refractivity contribution in [2.24, 2.45) is 11.5 Å². The molecule has 2 atom stereocenters. The average Bonchev–Trinajstić information content (AvgIpc) is 3.18. The van der Waals surface area contributed by atoms with Crippen molar-refractivity contribution in [1.82, 2.24) is 5.32 Å². The lowest BCUT2D eigenvalue weighted by atomic mass is 10.1. The van der Waals surface area contributed by atoms with Crippen molar-refractivity contribution in [2.45, 2.75) is 238 Å². The van der Waals surface area contributed by atoms with Gasteiger partial charge < -0.3 is 26.3 Å². The molecule has 0 rings (SSSR count). The third-order valence-electron chi connectivity index (χ3n) is 10.4. The van der Waals surface area contributed by atoms with Gasteiger partial charge in [0.15, 0.2) is 0 Å². The number of amides is 1. The van der Waals surface area contributed by atoms with Crippen LogP contribution in [-0.2, 0) is 23.9 Å². The predicted molar refractivity (Wildman–Crippen MR) is 233 cm³/mol. The summed E-state index contributed by atoms with van der Waals surface area (Å²) in [5.74, 6) is -1.29. The Morgan fingerprint density at radius 1 is 0.509 bits per heavy atom. The molecule has 0 aromatic rings. The molecule has 0 aliphatic carbocycles. The molecule has 1 amide bonds. The van der Waals surface area contributed by atoms with Crippen LogP contribution >= 0.6 is 0 Å². The highest BCUT2D eigenvalue weighted by Gasteiger charge is 2.26. The minimum absolute atomic E-state index is 0.0308. The number of carbonyl (C=O) groups excluding carboxylic acids is 3. The molecule has 0 heterocycles. The molecule has 5 N–H and O–H groups in total. The first-order valence-electron chi connectivity index (χ1n) is 23.3. The zero-order valence-corrected chi connectivity index (χ0v) is 36.1. The molecule has 0 aliphatic heterocycles. The highest BCUT2D eigenvalue weighted by atomic mass is 16.5. The van der Waals surface area contributed by atoms with E-state index in [-0.39, 0.29) is 18.8 Å². The van der Waals surface area contributed by atoms with Gasteiger partial charge in [0.05, 0.1) is 19.3 Å². The van der Waals surface area contributed by atoms with Gasteiger partial charge in [0.2, 0.25) is 5.91 Å². The number of esters is 2. The second-order valence-corrected chi connectivity index (χ2v) is 15.8. The number of nitrogens with two attached hydrogens (primary N) is 2. The monoisotopic (exact) mass is 776 g/mol. The van der Waals surface area contributed by atoms with E-state index < -0.39 is 24.0 Å². The van der Waals surface area contributed by atoms with Crippen molar-refractivity contribution >= 4 is 17.8 Å². The van der Waals surface area contributed by atoms with Crippen molar-refractivity contribution < 1.29 is 23.9 Å². The summed E-state index contributed by atoms with van der Waals surface area (Å²) in [7, 11) is 0. The maximum atomic E-state index is 13.0. The van der Waals surface area contributed by atoms with Crippen molar-refractivity contribution in [2.75, 3.05) is 19.8 Å². The summed E-state index contributed by atoms with van der Waals surface area (Å²) in [4.78, 5) is 38.3. The number of rotatable bonds is 42. The zero-order valence-electron chi connectivity index (χ0n) is 36.1. The molecule has 0 saturated carbocycles. The lowest BCUT2D eigenvalue weighted by Gasteiger charge is -2.20. The number of hydrogen-bond acceptors (Lipinski definition) is 7. The SMILES string of the molecule is CCCCCCCC/C=C\CCCCCCCCOC(=O)CC[C@H](NC(=O)[C@@H](N)CCCCN)C(=O)OCCCCCCCC/C=C\CCCCCCCC. The Labute approximate surface area is 339 Å². The van der Waals surface area contributed by atoms with Gasteiger partial charge in [-0.1, -0.05) is 160 Å². The molecule has 0 bridgehead atoms. The van der Waals surface area contributed by atoms with Crippen LogP contribution in [-0.4, -0.2) is 49.7 Å². The van der Waals surface area contributed by atoms with Gasteiger partial charge in [0.1, 0.15) is 6.04 Å². The number of nitrogens with one attached hydrogen (secondary N) is 1. The number of carbonyl (C=O) groups is 3. The van der Waals surface area contributed by atoms with Crippen molar-refractivity contribution in [3.05, 3.63) is 24.3 Å². The third kappa shape index (κ3) is 38.5. The Balaban J connectivity index is 4.21. The fourth-order valence-electron chi connectivity index (χ4n) is 6.66. The quantitative estimate of drug-likeness (QED) is 0.0319. The van der Waals surface area contributed by atoms with Gasteiger partial charge in [-0.25, -0.2) is 4.79 Å². The van der Waals surface area contributed by atoms with E-state index in [0.29, 0.717) is 26.2 Å². The largest absolute Gasteiger partial charge is 0.466 e. The van der Waals surface area contributed by atoms with Crippen LogP contribution in [0.15, 0.2) is 24.3 Å². The van der Waals surface area contributed by atoms with E-state index in [2.05, 4.69) is 43.5 Å². The Morgan fingerprint density at radius 2 is 0.909 bits per heavy atom. The second kappa shape index (κ2) is 42.9. The van der Waals surface area contributed by atoms with E-state index >= 15 is 0 Å². The molecule has 0 saturated heterocycles. The van der Waals surface area contributed by atoms with E-state index in [0.717, 1.165) is 57.8 Å². The fourth-order valence-corrected chi connectivity index (χ4v) is 6.66. The highest BCUT2D eigenvalue weighted by molar-refractivity contribution is 5.87. The summed E-state index contributed by atoms with van der Waals surface area (Å²) in [5.41, 5.74) is 11.7. The van der Waals surface area contributed by atoms with Gasteiger partial charge in [0, 0.05) is 6.42 Å². The Morgan fingerprint density at radius 3 is 1.35 bits per heavy atom. The molecular formula is C47H89N3O5. The maximum Gasteiger partial charge on any atom is 0.328 e. The lowest BCUT2D eigenvalue weighted by Crippen LogP contribution is -2.49. The average molecular weight is 776 g/mol. The number of hydrogen-bond donors (Lipinski definition) is 3. The second-order valence-electron chi connectivity index (χ2n) is 15.8. The molecule has 8 nitrogen and oxygen atoms in total.